The average Bonchev–Trinajstić information content (AvgIpc) is 3.25. The average molecular weight is 334 g/mol. The predicted molar refractivity (Wildman–Crippen MR) is 99.1 cm³/mol. The summed E-state index contributed by atoms with van der Waals surface area (Å²) in [4.78, 5) is 0. The van der Waals surface area contributed by atoms with Crippen LogP contribution < -0.4 is 5.32 Å². The third kappa shape index (κ3) is 5.01. The fourth-order valence-electron chi connectivity index (χ4n) is 2.28. The van der Waals surface area contributed by atoms with Crippen molar-refractivity contribution in [3.8, 4) is 0 Å². The van der Waals surface area contributed by atoms with Gasteiger partial charge in [0.05, 0.1) is 12.6 Å². The predicted octanol–water partition coefficient (Wildman–Crippen LogP) is 4.12. The van der Waals surface area contributed by atoms with Crippen molar-refractivity contribution in [2.45, 2.75) is 63.7 Å². The molecule has 0 saturated carbocycles. The molecule has 1 aliphatic rings. The maximum atomic E-state index is 6.26. The number of benzene rings is 1. The summed E-state index contributed by atoms with van der Waals surface area (Å²) in [5.41, 5.74) is 1.27. The monoisotopic (exact) mass is 333 g/mol. The Labute approximate surface area is 142 Å². The summed E-state index contributed by atoms with van der Waals surface area (Å²) in [5.74, 6) is 0. The summed E-state index contributed by atoms with van der Waals surface area (Å²) in [6.07, 6.45) is 2.32. The van der Waals surface area contributed by atoms with Crippen molar-refractivity contribution in [2.75, 3.05) is 6.61 Å². The molecule has 0 unspecified atom stereocenters. The number of rotatable bonds is 8. The van der Waals surface area contributed by atoms with Crippen molar-refractivity contribution in [3.05, 3.63) is 48.6 Å². The molecule has 1 aliphatic heterocycles. The standard InChI is InChI=1S/C19H31NO2Si/c1-7-16(20-13-15-11-9-8-10-12-15)18-17(22-18)14-21-23(5,6)19(2,3)4/h7-12,16-18,20H,1,13-14H2,2-6H3/t16-,17+,18-/m1/s1. The topological polar surface area (TPSA) is 33.8 Å². The van der Waals surface area contributed by atoms with Crippen LogP contribution in [0.25, 0.3) is 0 Å². The summed E-state index contributed by atoms with van der Waals surface area (Å²) in [5, 5.41) is 3.75. The Balaban J connectivity index is 1.78. The quantitative estimate of drug-likeness (QED) is 0.441. The molecule has 0 amide bonds. The number of epoxide rings is 1. The maximum absolute atomic E-state index is 6.26. The molecule has 4 heteroatoms. The first-order chi connectivity index (χ1) is 10.7. The third-order valence-electron chi connectivity index (χ3n) is 5.03. The van der Waals surface area contributed by atoms with Crippen LogP contribution >= 0.6 is 0 Å². The number of nitrogens with one attached hydrogen (secondary N) is 1. The normalized spacial score (nSPS) is 22.7. The highest BCUT2D eigenvalue weighted by Crippen LogP contribution is 2.38. The Kier molecular flexibility index (Phi) is 5.84. The van der Waals surface area contributed by atoms with Crippen LogP contribution in [0, 0.1) is 0 Å². The van der Waals surface area contributed by atoms with Crippen molar-refractivity contribution >= 4 is 8.32 Å². The molecule has 3 nitrogen and oxygen atoms in total. The van der Waals surface area contributed by atoms with Crippen LogP contribution in [0.4, 0.5) is 0 Å². The molecular formula is C19H31NO2Si. The Hall–Kier alpha value is -0.943. The second-order valence-electron chi connectivity index (χ2n) is 7.84. The summed E-state index contributed by atoms with van der Waals surface area (Å²) >= 11 is 0. The van der Waals surface area contributed by atoms with Crippen molar-refractivity contribution in [3.63, 3.8) is 0 Å². The number of hydrogen-bond donors (Lipinski definition) is 1. The molecule has 1 fully saturated rings. The summed E-state index contributed by atoms with van der Waals surface area (Å²) < 4.78 is 12.1. The Morgan fingerprint density at radius 1 is 1.30 bits per heavy atom. The van der Waals surface area contributed by atoms with Gasteiger partial charge in [-0.2, -0.15) is 0 Å². The zero-order valence-electron chi connectivity index (χ0n) is 15.1. The lowest BCUT2D eigenvalue weighted by atomic mass is 10.1. The molecule has 0 bridgehead atoms. The van der Waals surface area contributed by atoms with Gasteiger partial charge in [-0.25, -0.2) is 0 Å². The van der Waals surface area contributed by atoms with E-state index in [-0.39, 0.29) is 23.3 Å². The van der Waals surface area contributed by atoms with E-state index in [1.54, 1.807) is 0 Å². The molecule has 1 saturated heterocycles. The van der Waals surface area contributed by atoms with Gasteiger partial charge in [-0.3, -0.25) is 0 Å². The molecule has 1 aromatic carbocycles. The highest BCUT2D eigenvalue weighted by Gasteiger charge is 2.46. The van der Waals surface area contributed by atoms with E-state index in [9.17, 15) is 0 Å². The Morgan fingerprint density at radius 3 is 2.52 bits per heavy atom. The van der Waals surface area contributed by atoms with Crippen LogP contribution in [0.3, 0.4) is 0 Å². The second-order valence-corrected chi connectivity index (χ2v) is 12.6. The first kappa shape index (κ1) is 18.4. The number of hydrogen-bond acceptors (Lipinski definition) is 3. The molecule has 128 valence electrons. The minimum absolute atomic E-state index is 0.170. The fourth-order valence-corrected chi connectivity index (χ4v) is 3.29. The molecule has 1 aromatic rings. The lowest BCUT2D eigenvalue weighted by Crippen LogP contribution is -2.42. The highest BCUT2D eigenvalue weighted by molar-refractivity contribution is 6.74. The molecule has 0 aromatic heterocycles. The molecular weight excluding hydrogens is 302 g/mol. The Bertz CT molecular complexity index is 510. The van der Waals surface area contributed by atoms with Gasteiger partial charge in [0.15, 0.2) is 8.32 Å². The van der Waals surface area contributed by atoms with Crippen LogP contribution in [0.15, 0.2) is 43.0 Å². The van der Waals surface area contributed by atoms with Crippen LogP contribution in [-0.2, 0) is 15.7 Å². The van der Waals surface area contributed by atoms with Gasteiger partial charge in [0.1, 0.15) is 12.2 Å². The fraction of sp³-hybridized carbons (Fsp3) is 0.579. The smallest absolute Gasteiger partial charge is 0.192 e. The first-order valence-corrected chi connectivity index (χ1v) is 11.3. The van der Waals surface area contributed by atoms with Gasteiger partial charge in [-0.1, -0.05) is 57.2 Å². The van der Waals surface area contributed by atoms with Crippen LogP contribution in [0.2, 0.25) is 18.1 Å². The molecule has 1 N–H and O–H groups in total. The molecule has 0 radical (unpaired) electrons. The minimum atomic E-state index is -1.70. The summed E-state index contributed by atoms with van der Waals surface area (Å²) in [6, 6.07) is 10.6. The van der Waals surface area contributed by atoms with Crippen LogP contribution in [0.5, 0.6) is 0 Å². The lowest BCUT2D eigenvalue weighted by Gasteiger charge is -2.36. The maximum Gasteiger partial charge on any atom is 0.192 e. The molecule has 2 rings (SSSR count). The van der Waals surface area contributed by atoms with E-state index in [0.717, 1.165) is 6.54 Å². The highest BCUT2D eigenvalue weighted by atomic mass is 28.4. The third-order valence-corrected chi connectivity index (χ3v) is 9.53. The molecule has 1 heterocycles. The summed E-state index contributed by atoms with van der Waals surface area (Å²) in [6.45, 7) is 16.8. The van der Waals surface area contributed by atoms with Crippen molar-refractivity contribution < 1.29 is 9.16 Å². The van der Waals surface area contributed by atoms with Crippen molar-refractivity contribution in [1.29, 1.82) is 0 Å². The van der Waals surface area contributed by atoms with Gasteiger partial charge >= 0.3 is 0 Å². The minimum Gasteiger partial charge on any atom is -0.414 e. The summed E-state index contributed by atoms with van der Waals surface area (Å²) in [7, 11) is -1.70. The molecule has 23 heavy (non-hydrogen) atoms. The Morgan fingerprint density at radius 2 is 1.96 bits per heavy atom. The van der Waals surface area contributed by atoms with Crippen molar-refractivity contribution in [2.24, 2.45) is 0 Å². The second kappa shape index (κ2) is 7.30. The van der Waals surface area contributed by atoms with Gasteiger partial charge in [-0.05, 0) is 23.7 Å². The lowest BCUT2D eigenvalue weighted by molar-refractivity contribution is 0.240. The van der Waals surface area contributed by atoms with Gasteiger partial charge in [0.2, 0.25) is 0 Å². The van der Waals surface area contributed by atoms with E-state index in [0.29, 0.717) is 6.61 Å². The van der Waals surface area contributed by atoms with E-state index >= 15 is 0 Å². The van der Waals surface area contributed by atoms with E-state index in [4.69, 9.17) is 9.16 Å². The van der Waals surface area contributed by atoms with Crippen LogP contribution in [0.1, 0.15) is 26.3 Å². The zero-order chi connectivity index (χ0) is 17.1. The first-order valence-electron chi connectivity index (χ1n) is 8.44. The van der Waals surface area contributed by atoms with E-state index in [1.165, 1.54) is 5.56 Å². The van der Waals surface area contributed by atoms with Gasteiger partial charge < -0.3 is 14.5 Å². The van der Waals surface area contributed by atoms with Crippen molar-refractivity contribution in [1.82, 2.24) is 5.32 Å². The van der Waals surface area contributed by atoms with Gasteiger partial charge in [-0.15, -0.1) is 6.58 Å². The molecule has 3 atom stereocenters. The van der Waals surface area contributed by atoms with Gasteiger partial charge in [0.25, 0.3) is 0 Å². The largest absolute Gasteiger partial charge is 0.414 e. The number of ether oxygens (including phenoxy) is 1. The SMILES string of the molecule is C=C[C@@H](NCc1ccccc1)[C@H]1O[C@H]1CO[Si](C)(C)C(C)(C)C. The molecule has 0 aliphatic carbocycles. The van der Waals surface area contributed by atoms with E-state index in [1.807, 2.05) is 12.1 Å². The van der Waals surface area contributed by atoms with Crippen LogP contribution in [-0.4, -0.2) is 33.2 Å². The van der Waals surface area contributed by atoms with E-state index < -0.39 is 8.32 Å². The van der Waals surface area contributed by atoms with Gasteiger partial charge in [0, 0.05) is 6.54 Å². The zero-order valence-corrected chi connectivity index (χ0v) is 16.1. The van der Waals surface area contributed by atoms with E-state index in [2.05, 4.69) is 70.0 Å². The molecule has 0 spiro atoms.